The molecule has 1 N–H and O–H groups in total. The average Bonchev–Trinajstić information content (AvgIpc) is 2.35. The van der Waals surface area contributed by atoms with E-state index >= 15 is 0 Å². The zero-order valence-corrected chi connectivity index (χ0v) is 11.6. The Morgan fingerprint density at radius 1 is 1.28 bits per heavy atom. The maximum absolute atomic E-state index is 13.3. The van der Waals surface area contributed by atoms with E-state index in [0.717, 1.165) is 31.4 Å². The fourth-order valence-corrected chi connectivity index (χ4v) is 1.94. The zero-order valence-electron chi connectivity index (χ0n) is 11.6. The van der Waals surface area contributed by atoms with Crippen molar-refractivity contribution in [3.8, 4) is 5.75 Å². The summed E-state index contributed by atoms with van der Waals surface area (Å²) in [5, 5.41) is 3.32. The maximum atomic E-state index is 13.3. The molecule has 0 heterocycles. The van der Waals surface area contributed by atoms with Crippen molar-refractivity contribution in [3.63, 3.8) is 0 Å². The summed E-state index contributed by atoms with van der Waals surface area (Å²) in [6.07, 6.45) is 3.32. The molecule has 18 heavy (non-hydrogen) atoms. The molecular weight excluding hydrogens is 229 g/mol. The van der Waals surface area contributed by atoms with Gasteiger partial charge in [0.1, 0.15) is 11.6 Å². The standard InChI is InChI=1S/C15H24FNO/c1-4-6-7-10-18-15-11-13(16)8-9-14(15)12(3)17-5-2/h8-9,11-12,17H,4-7,10H2,1-3H3. The molecule has 0 aliphatic heterocycles. The van der Waals surface area contributed by atoms with E-state index in [1.54, 1.807) is 6.07 Å². The fraction of sp³-hybridized carbons (Fsp3) is 0.600. The van der Waals surface area contributed by atoms with Gasteiger partial charge in [0.2, 0.25) is 0 Å². The lowest BCUT2D eigenvalue weighted by molar-refractivity contribution is 0.299. The lowest BCUT2D eigenvalue weighted by atomic mass is 10.1. The summed E-state index contributed by atoms with van der Waals surface area (Å²) in [5.74, 6) is 0.424. The highest BCUT2D eigenvalue weighted by atomic mass is 19.1. The van der Waals surface area contributed by atoms with Crippen LogP contribution in [0.2, 0.25) is 0 Å². The second kappa shape index (κ2) is 8.09. The van der Waals surface area contributed by atoms with Crippen molar-refractivity contribution in [3.05, 3.63) is 29.6 Å². The quantitative estimate of drug-likeness (QED) is 0.705. The van der Waals surface area contributed by atoms with E-state index in [9.17, 15) is 4.39 Å². The fourth-order valence-electron chi connectivity index (χ4n) is 1.94. The molecule has 0 saturated heterocycles. The number of nitrogens with one attached hydrogen (secondary N) is 1. The van der Waals surface area contributed by atoms with Crippen molar-refractivity contribution in [2.75, 3.05) is 13.2 Å². The molecule has 1 rings (SSSR count). The van der Waals surface area contributed by atoms with Gasteiger partial charge in [-0.2, -0.15) is 0 Å². The topological polar surface area (TPSA) is 21.3 Å². The van der Waals surface area contributed by atoms with Gasteiger partial charge in [0, 0.05) is 17.7 Å². The first-order chi connectivity index (χ1) is 8.69. The maximum Gasteiger partial charge on any atom is 0.126 e. The van der Waals surface area contributed by atoms with Gasteiger partial charge in [0.15, 0.2) is 0 Å². The number of halogens is 1. The molecule has 0 spiro atoms. The van der Waals surface area contributed by atoms with Crippen LogP contribution in [0, 0.1) is 5.82 Å². The third kappa shape index (κ3) is 4.65. The predicted octanol–water partition coefficient (Wildman–Crippen LogP) is 4.07. The van der Waals surface area contributed by atoms with Crippen LogP contribution in [0.5, 0.6) is 5.75 Å². The number of rotatable bonds is 8. The van der Waals surface area contributed by atoms with E-state index in [-0.39, 0.29) is 11.9 Å². The Labute approximate surface area is 110 Å². The first-order valence-corrected chi connectivity index (χ1v) is 6.84. The van der Waals surface area contributed by atoms with Crippen LogP contribution < -0.4 is 10.1 Å². The Morgan fingerprint density at radius 3 is 2.72 bits per heavy atom. The van der Waals surface area contributed by atoms with Gasteiger partial charge in [-0.05, 0) is 26.0 Å². The molecular formula is C15H24FNO. The monoisotopic (exact) mass is 253 g/mol. The average molecular weight is 253 g/mol. The van der Waals surface area contributed by atoms with E-state index in [2.05, 4.69) is 26.1 Å². The molecule has 0 saturated carbocycles. The van der Waals surface area contributed by atoms with Crippen molar-refractivity contribution in [1.82, 2.24) is 5.32 Å². The first-order valence-electron chi connectivity index (χ1n) is 6.84. The number of hydrogen-bond acceptors (Lipinski definition) is 2. The molecule has 3 heteroatoms. The van der Waals surface area contributed by atoms with Crippen LogP contribution in [0.3, 0.4) is 0 Å². The summed E-state index contributed by atoms with van der Waals surface area (Å²) < 4.78 is 19.0. The molecule has 102 valence electrons. The Hall–Kier alpha value is -1.09. The second-order valence-corrected chi connectivity index (χ2v) is 4.52. The first kappa shape index (κ1) is 15.0. The van der Waals surface area contributed by atoms with Gasteiger partial charge < -0.3 is 10.1 Å². The van der Waals surface area contributed by atoms with Crippen molar-refractivity contribution in [1.29, 1.82) is 0 Å². The molecule has 0 fully saturated rings. The molecule has 0 aromatic heterocycles. The van der Waals surface area contributed by atoms with Gasteiger partial charge in [-0.15, -0.1) is 0 Å². The Bertz CT molecular complexity index is 354. The van der Waals surface area contributed by atoms with Gasteiger partial charge >= 0.3 is 0 Å². The van der Waals surface area contributed by atoms with E-state index in [1.165, 1.54) is 12.1 Å². The third-order valence-electron chi connectivity index (χ3n) is 2.96. The minimum atomic E-state index is -0.243. The molecule has 0 radical (unpaired) electrons. The van der Waals surface area contributed by atoms with Crippen LogP contribution in [0.1, 0.15) is 51.6 Å². The number of unbranched alkanes of at least 4 members (excludes halogenated alkanes) is 2. The third-order valence-corrected chi connectivity index (χ3v) is 2.96. The molecule has 0 amide bonds. The molecule has 1 unspecified atom stereocenters. The van der Waals surface area contributed by atoms with E-state index in [1.807, 2.05) is 0 Å². The summed E-state index contributed by atoms with van der Waals surface area (Å²) in [6, 6.07) is 4.95. The van der Waals surface area contributed by atoms with Gasteiger partial charge in [0.25, 0.3) is 0 Å². The minimum Gasteiger partial charge on any atom is -0.493 e. The number of benzene rings is 1. The molecule has 0 bridgehead atoms. The molecule has 1 aromatic carbocycles. The Kier molecular flexibility index (Phi) is 6.73. The molecule has 0 aliphatic rings. The zero-order chi connectivity index (χ0) is 13.4. The van der Waals surface area contributed by atoms with Gasteiger partial charge in [-0.25, -0.2) is 4.39 Å². The minimum absolute atomic E-state index is 0.178. The van der Waals surface area contributed by atoms with Crippen molar-refractivity contribution < 1.29 is 9.13 Å². The van der Waals surface area contributed by atoms with Crippen LogP contribution in [0.4, 0.5) is 4.39 Å². The summed E-state index contributed by atoms with van der Waals surface area (Å²) in [7, 11) is 0. The number of ether oxygens (including phenoxy) is 1. The highest BCUT2D eigenvalue weighted by Gasteiger charge is 2.11. The highest BCUT2D eigenvalue weighted by molar-refractivity contribution is 5.36. The molecule has 1 aromatic rings. The smallest absolute Gasteiger partial charge is 0.126 e. The Balaban J connectivity index is 2.70. The van der Waals surface area contributed by atoms with Crippen LogP contribution in [0.15, 0.2) is 18.2 Å². The van der Waals surface area contributed by atoms with Crippen LogP contribution >= 0.6 is 0 Å². The number of hydrogen-bond donors (Lipinski definition) is 1. The second-order valence-electron chi connectivity index (χ2n) is 4.52. The summed E-state index contributed by atoms with van der Waals surface area (Å²) >= 11 is 0. The molecule has 0 aliphatic carbocycles. The lowest BCUT2D eigenvalue weighted by Crippen LogP contribution is -2.18. The van der Waals surface area contributed by atoms with E-state index in [0.29, 0.717) is 12.4 Å². The summed E-state index contributed by atoms with van der Waals surface area (Å²) in [6.45, 7) is 7.81. The van der Waals surface area contributed by atoms with E-state index < -0.39 is 0 Å². The normalized spacial score (nSPS) is 12.4. The van der Waals surface area contributed by atoms with Crippen molar-refractivity contribution in [2.24, 2.45) is 0 Å². The molecule has 1 atom stereocenters. The van der Waals surface area contributed by atoms with Crippen molar-refractivity contribution in [2.45, 2.75) is 46.1 Å². The van der Waals surface area contributed by atoms with Crippen LogP contribution in [-0.2, 0) is 0 Å². The molecule has 2 nitrogen and oxygen atoms in total. The van der Waals surface area contributed by atoms with Crippen LogP contribution in [-0.4, -0.2) is 13.2 Å². The lowest BCUT2D eigenvalue weighted by Gasteiger charge is -2.17. The van der Waals surface area contributed by atoms with Crippen molar-refractivity contribution >= 4 is 0 Å². The Morgan fingerprint density at radius 2 is 2.06 bits per heavy atom. The highest BCUT2D eigenvalue weighted by Crippen LogP contribution is 2.26. The largest absolute Gasteiger partial charge is 0.493 e. The van der Waals surface area contributed by atoms with E-state index in [4.69, 9.17) is 4.74 Å². The van der Waals surface area contributed by atoms with Crippen LogP contribution in [0.25, 0.3) is 0 Å². The summed E-state index contributed by atoms with van der Waals surface area (Å²) in [4.78, 5) is 0. The predicted molar refractivity (Wildman–Crippen MR) is 73.5 cm³/mol. The SMILES string of the molecule is CCCCCOc1cc(F)ccc1C(C)NCC. The summed E-state index contributed by atoms with van der Waals surface area (Å²) in [5.41, 5.74) is 1.02. The van der Waals surface area contributed by atoms with Gasteiger partial charge in [-0.3, -0.25) is 0 Å². The van der Waals surface area contributed by atoms with Gasteiger partial charge in [0.05, 0.1) is 6.61 Å². The van der Waals surface area contributed by atoms with Gasteiger partial charge in [-0.1, -0.05) is 32.8 Å².